The van der Waals surface area contributed by atoms with E-state index in [-0.39, 0.29) is 28.4 Å². The maximum absolute atomic E-state index is 6.41. The molecule has 0 bridgehead atoms. The lowest BCUT2D eigenvalue weighted by atomic mass is 9.33. The maximum Gasteiger partial charge on any atom is 0.252 e. The van der Waals surface area contributed by atoms with Crippen molar-refractivity contribution in [2.24, 2.45) is 0 Å². The first-order chi connectivity index (χ1) is 29.5. The number of hydrogen-bond donors (Lipinski definition) is 0. The fourth-order valence-electron chi connectivity index (χ4n) is 11.2. The molecule has 4 aliphatic rings. The second-order valence-corrected chi connectivity index (χ2v) is 22.0. The lowest BCUT2D eigenvalue weighted by Gasteiger charge is -2.47. The summed E-state index contributed by atoms with van der Waals surface area (Å²) >= 11 is 0. The third-order valence-electron chi connectivity index (χ3n) is 14.9. The molecule has 0 fully saturated rings. The highest BCUT2D eigenvalue weighted by molar-refractivity contribution is 7.00. The summed E-state index contributed by atoms with van der Waals surface area (Å²) in [5.41, 5.74) is 22.2. The first kappa shape index (κ1) is 39.1. The fraction of sp³-hybridized carbons (Fsp3) is 0.310. The van der Waals surface area contributed by atoms with Crippen LogP contribution in [0.25, 0.3) is 16.5 Å². The van der Waals surface area contributed by atoms with E-state index in [1.807, 2.05) is 0 Å². The molecule has 0 amide bonds. The molecule has 1 aromatic heterocycles. The summed E-state index contributed by atoms with van der Waals surface area (Å²) in [6, 6.07) is 46.9. The maximum atomic E-state index is 6.41. The van der Waals surface area contributed by atoms with Crippen molar-refractivity contribution >= 4 is 73.8 Å². The van der Waals surface area contributed by atoms with Gasteiger partial charge in [0.1, 0.15) is 11.3 Å². The van der Waals surface area contributed by atoms with Crippen molar-refractivity contribution in [3.05, 3.63) is 167 Å². The first-order valence-electron chi connectivity index (χ1n) is 23.0. The molecule has 3 heterocycles. The Bertz CT molecular complexity index is 2980. The number of rotatable bonds is 3. The molecule has 4 heteroatoms. The molecule has 3 nitrogen and oxygen atoms in total. The molecular formula is C58H59BN2O. The van der Waals surface area contributed by atoms with Gasteiger partial charge >= 0.3 is 0 Å². The summed E-state index contributed by atoms with van der Waals surface area (Å²) in [5.74, 6) is 1.10. The van der Waals surface area contributed by atoms with E-state index in [2.05, 4.69) is 206 Å². The molecule has 6 aromatic carbocycles. The average molecular weight is 811 g/mol. The van der Waals surface area contributed by atoms with Crippen LogP contribution in [-0.4, -0.2) is 6.71 Å². The van der Waals surface area contributed by atoms with Crippen LogP contribution in [0.4, 0.5) is 34.1 Å². The zero-order valence-corrected chi connectivity index (χ0v) is 38.3. The SMILES string of the molecule is CC(C)(C)c1ccc(N2c3ccc(C(C)(C)C)cc3B3c4cc5c(cc4N(c4ccc(C6=CCCc7oc8ccccc8c76)cc4)c4cccc2c43)C(C)(C)CCC5(C)C)cc1. The molecule has 2 aliphatic carbocycles. The van der Waals surface area contributed by atoms with E-state index in [0.717, 1.165) is 24.2 Å². The van der Waals surface area contributed by atoms with Crippen LogP contribution in [0.15, 0.2) is 132 Å². The molecular weight excluding hydrogens is 751 g/mol. The van der Waals surface area contributed by atoms with Gasteiger partial charge in [-0.15, -0.1) is 0 Å². The van der Waals surface area contributed by atoms with Crippen molar-refractivity contribution in [3.63, 3.8) is 0 Å². The van der Waals surface area contributed by atoms with Gasteiger partial charge in [-0.3, -0.25) is 0 Å². The van der Waals surface area contributed by atoms with Crippen LogP contribution in [0.5, 0.6) is 0 Å². The molecule has 62 heavy (non-hydrogen) atoms. The molecule has 2 aliphatic heterocycles. The van der Waals surface area contributed by atoms with Gasteiger partial charge in [0.15, 0.2) is 0 Å². The minimum absolute atomic E-state index is 0.00155. The Morgan fingerprint density at radius 3 is 1.81 bits per heavy atom. The minimum atomic E-state index is -0.00155. The van der Waals surface area contributed by atoms with E-state index in [1.165, 1.54) is 108 Å². The first-order valence-corrected chi connectivity index (χ1v) is 23.0. The van der Waals surface area contributed by atoms with Crippen molar-refractivity contribution < 1.29 is 4.42 Å². The Balaban J connectivity index is 1.15. The number of furan rings is 1. The van der Waals surface area contributed by atoms with E-state index in [4.69, 9.17) is 4.42 Å². The van der Waals surface area contributed by atoms with Crippen molar-refractivity contribution in [2.75, 3.05) is 9.80 Å². The van der Waals surface area contributed by atoms with Gasteiger partial charge in [-0.25, -0.2) is 0 Å². The van der Waals surface area contributed by atoms with Gasteiger partial charge in [0.2, 0.25) is 0 Å². The zero-order valence-electron chi connectivity index (χ0n) is 38.3. The number of benzene rings is 6. The second kappa shape index (κ2) is 13.4. The number of fused-ring (bicyclic) bond motifs is 8. The standard InChI is InChI=1S/C58H59BN2O/c1-55(2,3)37-23-28-40(29-24-37)60-47-30-25-38(56(4,5)6)33-45(47)59-46-34-43-44(58(9,10)32-31-57(43,7)8)35-50(46)61(49-18-14-17-48(60)54(49)59)39-26-21-36(22-27-39)41-16-13-20-52-53(41)42-15-11-12-19-51(42)62-52/h11-12,14-19,21-30,33-35H,13,20,31-32H2,1-10H3. The third-order valence-corrected chi connectivity index (χ3v) is 14.9. The summed E-state index contributed by atoms with van der Waals surface area (Å²) in [6.45, 7) is 23.9. The van der Waals surface area contributed by atoms with Gasteiger partial charge in [-0.05, 0) is 145 Å². The summed E-state index contributed by atoms with van der Waals surface area (Å²) in [7, 11) is 0. The number of nitrogens with zero attached hydrogens (tertiary/aromatic N) is 2. The number of hydrogen-bond acceptors (Lipinski definition) is 3. The van der Waals surface area contributed by atoms with Crippen molar-refractivity contribution in [1.29, 1.82) is 0 Å². The second-order valence-electron chi connectivity index (χ2n) is 22.0. The molecule has 0 spiro atoms. The van der Waals surface area contributed by atoms with Crippen LogP contribution in [0.1, 0.15) is 128 Å². The minimum Gasteiger partial charge on any atom is -0.460 e. The molecule has 0 saturated heterocycles. The average Bonchev–Trinajstić information content (AvgIpc) is 3.63. The molecule has 0 radical (unpaired) electrons. The van der Waals surface area contributed by atoms with Crippen LogP contribution < -0.4 is 26.2 Å². The van der Waals surface area contributed by atoms with Crippen molar-refractivity contribution in [2.45, 2.75) is 117 Å². The molecule has 0 N–H and O–H groups in total. The highest BCUT2D eigenvalue weighted by Gasteiger charge is 2.46. The van der Waals surface area contributed by atoms with E-state index in [1.54, 1.807) is 0 Å². The molecule has 310 valence electrons. The van der Waals surface area contributed by atoms with Gasteiger partial charge in [0.05, 0.1) is 0 Å². The summed E-state index contributed by atoms with van der Waals surface area (Å²) in [5, 5.41) is 1.20. The Labute approximate surface area is 369 Å². The summed E-state index contributed by atoms with van der Waals surface area (Å²) in [4.78, 5) is 5.14. The topological polar surface area (TPSA) is 19.6 Å². The lowest BCUT2D eigenvalue weighted by molar-refractivity contribution is 0.332. The van der Waals surface area contributed by atoms with E-state index >= 15 is 0 Å². The van der Waals surface area contributed by atoms with Gasteiger partial charge in [-0.2, -0.15) is 0 Å². The van der Waals surface area contributed by atoms with Gasteiger partial charge in [-0.1, -0.05) is 142 Å². The number of allylic oxidation sites excluding steroid dienone is 1. The number of aryl methyl sites for hydroxylation is 1. The van der Waals surface area contributed by atoms with Gasteiger partial charge < -0.3 is 14.2 Å². The van der Waals surface area contributed by atoms with Crippen LogP contribution in [0, 0.1) is 0 Å². The summed E-state index contributed by atoms with van der Waals surface area (Å²) < 4.78 is 6.41. The highest BCUT2D eigenvalue weighted by atomic mass is 16.3. The molecule has 0 unspecified atom stereocenters. The zero-order chi connectivity index (χ0) is 43.1. The smallest absolute Gasteiger partial charge is 0.252 e. The van der Waals surface area contributed by atoms with Gasteiger partial charge in [0.25, 0.3) is 6.71 Å². The van der Waals surface area contributed by atoms with E-state index in [0.29, 0.717) is 0 Å². The van der Waals surface area contributed by atoms with Crippen LogP contribution in [-0.2, 0) is 28.1 Å². The normalized spacial score (nSPS) is 17.2. The van der Waals surface area contributed by atoms with Gasteiger partial charge in [0, 0.05) is 51.5 Å². The largest absolute Gasteiger partial charge is 0.460 e. The highest BCUT2D eigenvalue weighted by Crippen LogP contribution is 2.51. The number of para-hydroxylation sites is 1. The molecule has 0 saturated carbocycles. The quantitative estimate of drug-likeness (QED) is 0.166. The van der Waals surface area contributed by atoms with Crippen LogP contribution in [0.2, 0.25) is 0 Å². The predicted molar refractivity (Wildman–Crippen MR) is 265 cm³/mol. The Morgan fingerprint density at radius 1 is 0.565 bits per heavy atom. The van der Waals surface area contributed by atoms with Crippen molar-refractivity contribution in [3.8, 4) is 0 Å². The van der Waals surface area contributed by atoms with Crippen LogP contribution in [0.3, 0.4) is 0 Å². The fourth-order valence-corrected chi connectivity index (χ4v) is 11.2. The Hall–Kier alpha value is -5.74. The van der Waals surface area contributed by atoms with E-state index < -0.39 is 0 Å². The third kappa shape index (κ3) is 5.92. The molecule has 7 aromatic rings. The van der Waals surface area contributed by atoms with Crippen molar-refractivity contribution in [1.82, 2.24) is 0 Å². The summed E-state index contributed by atoms with van der Waals surface area (Å²) in [6.07, 6.45) is 6.68. The lowest BCUT2D eigenvalue weighted by Crippen LogP contribution is -2.62. The monoisotopic (exact) mass is 810 g/mol. The Kier molecular flexibility index (Phi) is 8.45. The number of anilines is 6. The Morgan fingerprint density at radius 2 is 1.15 bits per heavy atom. The predicted octanol–water partition coefficient (Wildman–Crippen LogP) is 13.8. The molecule has 0 atom stereocenters. The molecule has 11 rings (SSSR count). The van der Waals surface area contributed by atoms with Crippen LogP contribution >= 0.6 is 0 Å². The van der Waals surface area contributed by atoms with E-state index in [9.17, 15) is 0 Å².